The summed E-state index contributed by atoms with van der Waals surface area (Å²) in [5, 5.41) is 10.8. The van der Waals surface area contributed by atoms with Crippen LogP contribution >= 0.6 is 0 Å². The quantitative estimate of drug-likeness (QED) is 0.653. The minimum absolute atomic E-state index is 0.190. The maximum absolute atomic E-state index is 13.0. The summed E-state index contributed by atoms with van der Waals surface area (Å²) < 4.78 is 0. The van der Waals surface area contributed by atoms with Crippen molar-refractivity contribution in [1.29, 1.82) is 0 Å². The van der Waals surface area contributed by atoms with Gasteiger partial charge in [-0.2, -0.15) is 0 Å². The number of aliphatic hydroxyl groups excluding tert-OH is 1. The summed E-state index contributed by atoms with van der Waals surface area (Å²) in [5.74, 6) is -0.131. The molecule has 1 aliphatic rings. The molecule has 1 atom stereocenters. The van der Waals surface area contributed by atoms with Crippen molar-refractivity contribution >= 4 is 11.5 Å². The van der Waals surface area contributed by atoms with Gasteiger partial charge in [0.05, 0.1) is 18.3 Å². The molecule has 1 aliphatic heterocycles. The molecule has 0 saturated carbocycles. The number of rotatable bonds is 5. The maximum atomic E-state index is 13.0. The minimum atomic E-state index is -0.368. The predicted molar refractivity (Wildman–Crippen MR) is 114 cm³/mol. The molecule has 1 amide bonds. The molecule has 1 unspecified atom stereocenters. The number of carbonyl (C=O) groups excluding carboxylic acids is 1. The van der Waals surface area contributed by atoms with Gasteiger partial charge in [-0.05, 0) is 34.7 Å². The number of hydrogen-bond donors (Lipinski definition) is 1. The van der Waals surface area contributed by atoms with E-state index < -0.39 is 0 Å². The second-order valence-electron chi connectivity index (χ2n) is 7.61. The second kappa shape index (κ2) is 7.92. The number of aromatic nitrogens is 1. The molecule has 0 radical (unpaired) electrons. The van der Waals surface area contributed by atoms with Crippen LogP contribution in [0.5, 0.6) is 0 Å². The summed E-state index contributed by atoms with van der Waals surface area (Å²) in [6, 6.07) is 23.2. The van der Waals surface area contributed by atoms with Gasteiger partial charge in [0.15, 0.2) is 5.76 Å². The molecular formula is C25H24N2O2. The van der Waals surface area contributed by atoms with E-state index in [-0.39, 0.29) is 17.7 Å². The molecule has 2 aromatic carbocycles. The van der Waals surface area contributed by atoms with Crippen molar-refractivity contribution in [2.24, 2.45) is 0 Å². The highest BCUT2D eigenvalue weighted by molar-refractivity contribution is 6.05. The third kappa shape index (κ3) is 3.66. The van der Waals surface area contributed by atoms with Gasteiger partial charge >= 0.3 is 0 Å². The number of aliphatic hydroxyl groups is 1. The topological polar surface area (TPSA) is 53.4 Å². The van der Waals surface area contributed by atoms with Crippen molar-refractivity contribution in [1.82, 2.24) is 9.88 Å². The zero-order valence-corrected chi connectivity index (χ0v) is 16.6. The molecule has 1 aromatic heterocycles. The lowest BCUT2D eigenvalue weighted by Crippen LogP contribution is -2.30. The Balaban J connectivity index is 1.80. The van der Waals surface area contributed by atoms with Crippen LogP contribution in [-0.2, 0) is 11.3 Å². The van der Waals surface area contributed by atoms with Crippen LogP contribution < -0.4 is 0 Å². The molecule has 0 fully saturated rings. The van der Waals surface area contributed by atoms with Crippen molar-refractivity contribution in [2.75, 3.05) is 0 Å². The van der Waals surface area contributed by atoms with Crippen LogP contribution in [-0.4, -0.2) is 20.9 Å². The van der Waals surface area contributed by atoms with E-state index >= 15 is 0 Å². The van der Waals surface area contributed by atoms with Crippen LogP contribution in [0.3, 0.4) is 0 Å². The summed E-state index contributed by atoms with van der Waals surface area (Å²) in [6.45, 7) is 4.64. The molecule has 4 nitrogen and oxygen atoms in total. The molecule has 29 heavy (non-hydrogen) atoms. The predicted octanol–water partition coefficient (Wildman–Crippen LogP) is 5.26. The molecule has 0 saturated heterocycles. The molecule has 2 heterocycles. The van der Waals surface area contributed by atoms with E-state index in [0.717, 1.165) is 16.8 Å². The Labute approximate surface area is 171 Å². The lowest BCUT2D eigenvalue weighted by molar-refractivity contribution is -0.130. The van der Waals surface area contributed by atoms with Crippen LogP contribution in [0.2, 0.25) is 0 Å². The van der Waals surface area contributed by atoms with E-state index in [1.807, 2.05) is 48.5 Å². The maximum Gasteiger partial charge on any atom is 0.290 e. The van der Waals surface area contributed by atoms with Gasteiger partial charge in [-0.3, -0.25) is 9.78 Å². The number of hydrogen-bond acceptors (Lipinski definition) is 3. The molecule has 1 N–H and O–H groups in total. The number of carbonyl (C=O) groups is 1. The second-order valence-corrected chi connectivity index (χ2v) is 7.61. The zero-order valence-electron chi connectivity index (χ0n) is 16.6. The Hall–Kier alpha value is -3.40. The van der Waals surface area contributed by atoms with Gasteiger partial charge < -0.3 is 10.0 Å². The number of benzene rings is 2. The van der Waals surface area contributed by atoms with Gasteiger partial charge in [-0.1, -0.05) is 74.5 Å². The van der Waals surface area contributed by atoms with E-state index in [2.05, 4.69) is 43.1 Å². The Morgan fingerprint density at radius 2 is 1.66 bits per heavy atom. The summed E-state index contributed by atoms with van der Waals surface area (Å²) in [7, 11) is 0. The van der Waals surface area contributed by atoms with E-state index in [1.54, 1.807) is 11.1 Å². The number of amides is 1. The number of pyridine rings is 1. The third-order valence-corrected chi connectivity index (χ3v) is 5.37. The lowest BCUT2D eigenvalue weighted by Gasteiger charge is -2.27. The molecule has 0 bridgehead atoms. The lowest BCUT2D eigenvalue weighted by atomic mass is 9.92. The summed E-state index contributed by atoms with van der Waals surface area (Å²) in [4.78, 5) is 19.1. The van der Waals surface area contributed by atoms with Crippen LogP contribution in [0.15, 0.2) is 84.8 Å². The highest BCUT2D eigenvalue weighted by Crippen LogP contribution is 2.43. The molecule has 146 valence electrons. The Bertz CT molecular complexity index is 1030. The summed E-state index contributed by atoms with van der Waals surface area (Å²) in [5.41, 5.74) is 4.49. The smallest absolute Gasteiger partial charge is 0.290 e. The third-order valence-electron chi connectivity index (χ3n) is 5.37. The normalized spacial score (nSPS) is 16.7. The van der Waals surface area contributed by atoms with Gasteiger partial charge in [-0.15, -0.1) is 0 Å². The van der Waals surface area contributed by atoms with E-state index in [4.69, 9.17) is 0 Å². The Morgan fingerprint density at radius 1 is 0.966 bits per heavy atom. The largest absolute Gasteiger partial charge is 0.503 e. The fourth-order valence-corrected chi connectivity index (χ4v) is 3.81. The van der Waals surface area contributed by atoms with Crippen LogP contribution in [0.25, 0.3) is 5.57 Å². The van der Waals surface area contributed by atoms with Crippen molar-refractivity contribution in [2.45, 2.75) is 32.4 Å². The van der Waals surface area contributed by atoms with Crippen molar-refractivity contribution in [3.63, 3.8) is 0 Å². The number of nitrogens with zero attached hydrogens (tertiary/aromatic N) is 2. The van der Waals surface area contributed by atoms with E-state index in [9.17, 15) is 9.90 Å². The average molecular weight is 384 g/mol. The van der Waals surface area contributed by atoms with Crippen molar-refractivity contribution < 1.29 is 9.90 Å². The average Bonchev–Trinajstić information content (AvgIpc) is 3.00. The fraction of sp³-hybridized carbons (Fsp3) is 0.200. The van der Waals surface area contributed by atoms with Gasteiger partial charge in [-0.25, -0.2) is 0 Å². The summed E-state index contributed by atoms with van der Waals surface area (Å²) in [6.07, 6.45) is 1.72. The van der Waals surface area contributed by atoms with Crippen LogP contribution in [0.1, 0.15) is 48.2 Å². The molecule has 4 rings (SSSR count). The van der Waals surface area contributed by atoms with Crippen molar-refractivity contribution in [3.8, 4) is 0 Å². The van der Waals surface area contributed by atoms with E-state index in [0.29, 0.717) is 18.0 Å². The molecule has 0 aliphatic carbocycles. The summed E-state index contributed by atoms with van der Waals surface area (Å²) >= 11 is 0. The van der Waals surface area contributed by atoms with Gasteiger partial charge in [0.1, 0.15) is 0 Å². The Morgan fingerprint density at radius 3 is 2.28 bits per heavy atom. The van der Waals surface area contributed by atoms with E-state index in [1.165, 1.54) is 5.56 Å². The van der Waals surface area contributed by atoms with Gasteiger partial charge in [0.25, 0.3) is 5.91 Å². The van der Waals surface area contributed by atoms with Crippen LogP contribution in [0.4, 0.5) is 0 Å². The van der Waals surface area contributed by atoms with Crippen molar-refractivity contribution in [3.05, 3.63) is 107 Å². The first kappa shape index (κ1) is 18.9. The highest BCUT2D eigenvalue weighted by Gasteiger charge is 2.41. The zero-order chi connectivity index (χ0) is 20.4. The Kier molecular flexibility index (Phi) is 5.17. The van der Waals surface area contributed by atoms with Gasteiger partial charge in [0, 0.05) is 11.8 Å². The minimum Gasteiger partial charge on any atom is -0.503 e. The van der Waals surface area contributed by atoms with Gasteiger partial charge in [0.2, 0.25) is 0 Å². The first-order valence-electron chi connectivity index (χ1n) is 9.85. The molecular weight excluding hydrogens is 360 g/mol. The highest BCUT2D eigenvalue weighted by atomic mass is 16.3. The SMILES string of the molecule is CC(C)c1ccc(C2C(c3ccccc3)=C(O)C(=O)N2Cc2ccccn2)cc1. The molecule has 4 heteroatoms. The first-order chi connectivity index (χ1) is 14.1. The fourth-order valence-electron chi connectivity index (χ4n) is 3.81. The first-order valence-corrected chi connectivity index (χ1v) is 9.85. The molecule has 3 aromatic rings. The monoisotopic (exact) mass is 384 g/mol. The van der Waals surface area contributed by atoms with Crippen LogP contribution in [0, 0.1) is 0 Å². The standard InChI is InChI=1S/C25H24N2O2/c1-17(2)18-11-13-20(14-12-18)23-22(19-8-4-3-5-9-19)24(28)25(29)27(23)16-21-10-6-7-15-26-21/h3-15,17,23,28H,16H2,1-2H3. The molecule has 0 spiro atoms.